The quantitative estimate of drug-likeness (QED) is 0.615. The van der Waals surface area contributed by atoms with Crippen LogP contribution in [-0.4, -0.2) is 67.1 Å². The summed E-state index contributed by atoms with van der Waals surface area (Å²) in [6.07, 6.45) is 5.40. The second kappa shape index (κ2) is 10.2. The number of nitrogens with zero attached hydrogens (tertiary/aromatic N) is 4. The van der Waals surface area contributed by atoms with Crippen LogP contribution >= 0.6 is 11.3 Å². The zero-order valence-electron chi connectivity index (χ0n) is 16.3. The van der Waals surface area contributed by atoms with Crippen LogP contribution in [0.15, 0.2) is 46.8 Å². The minimum atomic E-state index is 0.871. The van der Waals surface area contributed by atoms with Crippen molar-refractivity contribution in [3.05, 3.63) is 58.1 Å². The second-order valence-electron chi connectivity index (χ2n) is 6.68. The largest absolute Gasteiger partial charge is 0.356 e. The maximum absolute atomic E-state index is 4.52. The Morgan fingerprint density at radius 2 is 2.00 bits per heavy atom. The molecule has 5 nitrogen and oxygen atoms in total. The molecule has 3 rings (SSSR count). The molecule has 0 radical (unpaired) electrons. The van der Waals surface area contributed by atoms with Gasteiger partial charge in [0, 0.05) is 58.1 Å². The van der Waals surface area contributed by atoms with Gasteiger partial charge in [-0.3, -0.25) is 9.89 Å². The van der Waals surface area contributed by atoms with Gasteiger partial charge in [-0.25, -0.2) is 4.98 Å². The third-order valence-corrected chi connectivity index (χ3v) is 5.51. The van der Waals surface area contributed by atoms with Crippen LogP contribution in [0.5, 0.6) is 0 Å². The molecular formula is C21H29N5S. The molecule has 27 heavy (non-hydrogen) atoms. The van der Waals surface area contributed by atoms with Crippen LogP contribution < -0.4 is 5.32 Å². The van der Waals surface area contributed by atoms with Crippen molar-refractivity contribution in [1.29, 1.82) is 0 Å². The molecule has 1 saturated heterocycles. The molecule has 1 N–H and O–H groups in total. The summed E-state index contributed by atoms with van der Waals surface area (Å²) in [4.78, 5) is 13.8. The molecule has 6 heteroatoms. The summed E-state index contributed by atoms with van der Waals surface area (Å²) in [5, 5.41) is 6.76. The van der Waals surface area contributed by atoms with Crippen LogP contribution in [0.4, 0.5) is 0 Å². The number of aryl methyl sites for hydroxylation is 1. The molecule has 0 bridgehead atoms. The lowest BCUT2D eigenvalue weighted by molar-refractivity contribution is 0.194. The normalized spacial score (nSPS) is 16.2. The zero-order valence-corrected chi connectivity index (χ0v) is 17.1. The Morgan fingerprint density at radius 1 is 1.22 bits per heavy atom. The van der Waals surface area contributed by atoms with Crippen LogP contribution in [0, 0.1) is 6.92 Å². The molecule has 1 fully saturated rings. The van der Waals surface area contributed by atoms with Gasteiger partial charge in [0.2, 0.25) is 0 Å². The van der Waals surface area contributed by atoms with E-state index in [2.05, 4.69) is 79.9 Å². The van der Waals surface area contributed by atoms with E-state index in [1.165, 1.54) is 5.56 Å². The predicted molar refractivity (Wildman–Crippen MR) is 115 cm³/mol. The highest BCUT2D eigenvalue weighted by molar-refractivity contribution is 7.09. The van der Waals surface area contributed by atoms with E-state index in [1.54, 1.807) is 11.3 Å². The maximum Gasteiger partial charge on any atom is 0.193 e. The number of guanidine groups is 1. The summed E-state index contributed by atoms with van der Waals surface area (Å²) >= 11 is 1.71. The van der Waals surface area contributed by atoms with Crippen LogP contribution in [0.1, 0.15) is 16.3 Å². The van der Waals surface area contributed by atoms with Crippen LogP contribution in [0.3, 0.4) is 0 Å². The van der Waals surface area contributed by atoms with Gasteiger partial charge in [-0.1, -0.05) is 42.5 Å². The number of hydrogen-bond acceptors (Lipinski definition) is 4. The summed E-state index contributed by atoms with van der Waals surface area (Å²) in [7, 11) is 1.87. The van der Waals surface area contributed by atoms with Crippen molar-refractivity contribution in [2.45, 2.75) is 13.3 Å². The van der Waals surface area contributed by atoms with Crippen molar-refractivity contribution in [3.8, 4) is 0 Å². The first-order valence-corrected chi connectivity index (χ1v) is 10.4. The molecule has 0 aliphatic carbocycles. The third-order valence-electron chi connectivity index (χ3n) is 4.69. The lowest BCUT2D eigenvalue weighted by atomic mass is 10.2. The number of piperazine rings is 1. The lowest BCUT2D eigenvalue weighted by Gasteiger charge is -2.36. The van der Waals surface area contributed by atoms with E-state index in [9.17, 15) is 0 Å². The van der Waals surface area contributed by atoms with Crippen molar-refractivity contribution < 1.29 is 0 Å². The van der Waals surface area contributed by atoms with Gasteiger partial charge < -0.3 is 10.2 Å². The molecule has 2 heterocycles. The number of nitrogens with one attached hydrogen (secondary N) is 1. The van der Waals surface area contributed by atoms with E-state index in [1.807, 2.05) is 7.05 Å². The molecule has 2 aromatic rings. The molecule has 0 unspecified atom stereocenters. The second-order valence-corrected chi connectivity index (χ2v) is 7.74. The third kappa shape index (κ3) is 6.19. The Hall–Kier alpha value is -2.18. The first-order valence-electron chi connectivity index (χ1n) is 9.55. The number of rotatable bonds is 6. The lowest BCUT2D eigenvalue weighted by Crippen LogP contribution is -2.52. The van der Waals surface area contributed by atoms with Crippen LogP contribution in [0.2, 0.25) is 0 Å². The van der Waals surface area contributed by atoms with Crippen molar-refractivity contribution in [2.75, 3.05) is 46.3 Å². The molecule has 1 aliphatic heterocycles. The number of aliphatic imine (C=N–C) groups is 1. The number of benzene rings is 1. The Bertz CT molecular complexity index is 745. The van der Waals surface area contributed by atoms with E-state index in [0.717, 1.165) is 62.4 Å². The molecule has 0 atom stereocenters. The van der Waals surface area contributed by atoms with Crippen LogP contribution in [-0.2, 0) is 6.42 Å². The monoisotopic (exact) mass is 383 g/mol. The summed E-state index contributed by atoms with van der Waals surface area (Å²) in [6.45, 7) is 8.06. The van der Waals surface area contributed by atoms with Crippen molar-refractivity contribution in [2.24, 2.45) is 4.99 Å². The Kier molecular flexibility index (Phi) is 7.42. The molecule has 0 spiro atoms. The fourth-order valence-electron chi connectivity index (χ4n) is 3.20. The standard InChI is InChI=1S/C21H29N5S/c1-18-24-20(17-27-18)10-11-23-21(22-2)26-15-13-25(14-16-26)12-6-9-19-7-4-3-5-8-19/h3-9,17H,10-16H2,1-2H3,(H,22,23)/b9-6+. The average Bonchev–Trinajstić information content (AvgIpc) is 3.12. The fraction of sp³-hybridized carbons (Fsp3) is 0.429. The molecule has 0 saturated carbocycles. The van der Waals surface area contributed by atoms with Crippen molar-refractivity contribution in [1.82, 2.24) is 20.1 Å². The van der Waals surface area contributed by atoms with Gasteiger partial charge in [0.1, 0.15) is 0 Å². The minimum absolute atomic E-state index is 0.871. The minimum Gasteiger partial charge on any atom is -0.356 e. The van der Waals surface area contributed by atoms with Gasteiger partial charge in [0.15, 0.2) is 5.96 Å². The highest BCUT2D eigenvalue weighted by atomic mass is 32.1. The maximum atomic E-state index is 4.52. The first kappa shape index (κ1) is 19.6. The Labute approximate surface area is 166 Å². The molecule has 1 aliphatic rings. The fourth-order valence-corrected chi connectivity index (χ4v) is 3.85. The summed E-state index contributed by atoms with van der Waals surface area (Å²) < 4.78 is 0. The SMILES string of the molecule is CN=C(NCCc1csc(C)n1)N1CCN(C/C=C/c2ccccc2)CC1. The summed E-state index contributed by atoms with van der Waals surface area (Å²) in [5.41, 5.74) is 2.42. The highest BCUT2D eigenvalue weighted by Gasteiger charge is 2.18. The number of hydrogen-bond donors (Lipinski definition) is 1. The molecule has 144 valence electrons. The average molecular weight is 384 g/mol. The topological polar surface area (TPSA) is 43.8 Å². The van der Waals surface area contributed by atoms with Crippen molar-refractivity contribution in [3.63, 3.8) is 0 Å². The Morgan fingerprint density at radius 3 is 2.67 bits per heavy atom. The molecular weight excluding hydrogens is 354 g/mol. The van der Waals surface area contributed by atoms with E-state index >= 15 is 0 Å². The van der Waals surface area contributed by atoms with Gasteiger partial charge in [-0.15, -0.1) is 11.3 Å². The van der Waals surface area contributed by atoms with E-state index in [0.29, 0.717) is 0 Å². The zero-order chi connectivity index (χ0) is 18.9. The van der Waals surface area contributed by atoms with Crippen LogP contribution in [0.25, 0.3) is 6.08 Å². The number of aromatic nitrogens is 1. The van der Waals surface area contributed by atoms with Gasteiger partial charge >= 0.3 is 0 Å². The molecule has 1 aromatic carbocycles. The first-order chi connectivity index (χ1) is 13.2. The Balaban J connectivity index is 1.38. The van der Waals surface area contributed by atoms with E-state index < -0.39 is 0 Å². The highest BCUT2D eigenvalue weighted by Crippen LogP contribution is 2.08. The van der Waals surface area contributed by atoms with Gasteiger partial charge in [0.05, 0.1) is 10.7 Å². The summed E-state index contributed by atoms with van der Waals surface area (Å²) in [5.74, 6) is 1.00. The van der Waals surface area contributed by atoms with E-state index in [4.69, 9.17) is 0 Å². The molecule has 1 aromatic heterocycles. The van der Waals surface area contributed by atoms with Gasteiger partial charge in [-0.2, -0.15) is 0 Å². The molecule has 0 amide bonds. The smallest absolute Gasteiger partial charge is 0.193 e. The van der Waals surface area contributed by atoms with Crippen molar-refractivity contribution >= 4 is 23.4 Å². The predicted octanol–water partition coefficient (Wildman–Crippen LogP) is 2.90. The number of thiazole rings is 1. The van der Waals surface area contributed by atoms with Gasteiger partial charge in [-0.05, 0) is 12.5 Å². The van der Waals surface area contributed by atoms with E-state index in [-0.39, 0.29) is 0 Å². The summed E-state index contributed by atoms with van der Waals surface area (Å²) in [6, 6.07) is 10.5. The van der Waals surface area contributed by atoms with Gasteiger partial charge in [0.25, 0.3) is 0 Å².